The second kappa shape index (κ2) is 4.85. The molecular weight excluding hydrogens is 395 g/mol. The van der Waals surface area contributed by atoms with Crippen LogP contribution in [0.4, 0.5) is 17.2 Å². The van der Waals surface area contributed by atoms with Crippen LogP contribution in [-0.4, -0.2) is 9.78 Å². The van der Waals surface area contributed by atoms with E-state index in [4.69, 9.17) is 5.73 Å². The summed E-state index contributed by atoms with van der Waals surface area (Å²) in [7, 11) is 1.87. The quantitative estimate of drug-likeness (QED) is 0.751. The summed E-state index contributed by atoms with van der Waals surface area (Å²) in [4.78, 5) is 0. The van der Waals surface area contributed by atoms with Crippen molar-refractivity contribution in [2.75, 3.05) is 11.1 Å². The summed E-state index contributed by atoms with van der Waals surface area (Å²) >= 11 is 5.78. The van der Waals surface area contributed by atoms with E-state index < -0.39 is 0 Å². The van der Waals surface area contributed by atoms with E-state index in [1.165, 1.54) is 0 Å². The number of benzene rings is 1. The Bertz CT molecular complexity index is 565. The summed E-state index contributed by atoms with van der Waals surface area (Å²) in [6.07, 6.45) is 0. The molecule has 0 aliphatic rings. The maximum absolute atomic E-state index is 5.98. The van der Waals surface area contributed by atoms with Crippen LogP contribution < -0.4 is 11.1 Å². The average molecular weight is 407 g/mol. The molecule has 0 spiro atoms. The summed E-state index contributed by atoms with van der Waals surface area (Å²) in [6, 6.07) is 6.09. The van der Waals surface area contributed by atoms with Crippen molar-refractivity contribution in [2.45, 2.75) is 6.92 Å². The predicted octanol–water partition coefficient (Wildman–Crippen LogP) is 3.42. The van der Waals surface area contributed by atoms with Crippen LogP contribution in [0.2, 0.25) is 0 Å². The van der Waals surface area contributed by atoms with Gasteiger partial charge in [0.15, 0.2) is 5.82 Å². The van der Waals surface area contributed by atoms with Crippen molar-refractivity contribution in [3.63, 3.8) is 0 Å². The normalized spacial score (nSPS) is 10.6. The van der Waals surface area contributed by atoms with E-state index in [-0.39, 0.29) is 0 Å². The van der Waals surface area contributed by atoms with Crippen LogP contribution in [0.3, 0.4) is 0 Å². The molecule has 0 aliphatic carbocycles. The highest BCUT2D eigenvalue weighted by Gasteiger charge is 2.11. The van der Waals surface area contributed by atoms with Gasteiger partial charge in [-0.05, 0) is 63.6 Å². The summed E-state index contributed by atoms with van der Waals surface area (Å²) in [5.74, 6) is 0.810. The maximum Gasteiger partial charge on any atom is 0.152 e. The molecule has 1 aromatic carbocycles. The molecule has 0 atom stereocenters. The molecular formula is C11H12BrIN4. The Morgan fingerprint density at radius 3 is 2.76 bits per heavy atom. The number of nitrogens with one attached hydrogen (secondary N) is 1. The molecule has 2 rings (SSSR count). The fourth-order valence-corrected chi connectivity index (χ4v) is 2.38. The fraction of sp³-hybridized carbons (Fsp3) is 0.182. The first-order valence-electron chi connectivity index (χ1n) is 5.00. The summed E-state index contributed by atoms with van der Waals surface area (Å²) in [6.45, 7) is 1.89. The third-order valence-electron chi connectivity index (χ3n) is 2.45. The number of nitrogen functional groups attached to an aromatic ring is 1. The van der Waals surface area contributed by atoms with Crippen molar-refractivity contribution in [3.8, 4) is 0 Å². The SMILES string of the molecule is Cc1nn(C)c(Nc2cc(I)ccc2Br)c1N. The first-order chi connectivity index (χ1) is 7.99. The van der Waals surface area contributed by atoms with Gasteiger partial charge >= 0.3 is 0 Å². The molecule has 1 aromatic heterocycles. The van der Waals surface area contributed by atoms with E-state index >= 15 is 0 Å². The van der Waals surface area contributed by atoms with Crippen LogP contribution in [0.5, 0.6) is 0 Å². The first kappa shape index (κ1) is 12.7. The first-order valence-corrected chi connectivity index (χ1v) is 6.87. The molecule has 3 N–H and O–H groups in total. The number of hydrogen-bond donors (Lipinski definition) is 2. The van der Waals surface area contributed by atoms with Crippen LogP contribution in [0.25, 0.3) is 0 Å². The van der Waals surface area contributed by atoms with Gasteiger partial charge in [-0.1, -0.05) is 0 Å². The second-order valence-electron chi connectivity index (χ2n) is 3.72. The lowest BCUT2D eigenvalue weighted by Gasteiger charge is -2.10. The zero-order chi connectivity index (χ0) is 12.6. The van der Waals surface area contributed by atoms with Gasteiger partial charge in [0.05, 0.1) is 17.1 Å². The molecule has 0 unspecified atom stereocenters. The van der Waals surface area contributed by atoms with Gasteiger partial charge in [0.25, 0.3) is 0 Å². The highest BCUT2D eigenvalue weighted by Crippen LogP contribution is 2.30. The number of halogens is 2. The lowest BCUT2D eigenvalue weighted by atomic mass is 10.3. The van der Waals surface area contributed by atoms with Crippen LogP contribution >= 0.6 is 38.5 Å². The van der Waals surface area contributed by atoms with Crippen molar-refractivity contribution in [3.05, 3.63) is 31.9 Å². The largest absolute Gasteiger partial charge is 0.394 e. The minimum atomic E-state index is 0.679. The molecule has 17 heavy (non-hydrogen) atoms. The summed E-state index contributed by atoms with van der Waals surface area (Å²) < 4.78 is 3.90. The van der Waals surface area contributed by atoms with E-state index in [9.17, 15) is 0 Å². The third-order valence-corrected chi connectivity index (χ3v) is 3.81. The van der Waals surface area contributed by atoms with Gasteiger partial charge in [0, 0.05) is 15.1 Å². The van der Waals surface area contributed by atoms with Gasteiger partial charge in [-0.3, -0.25) is 4.68 Å². The monoisotopic (exact) mass is 406 g/mol. The Balaban J connectivity index is 2.41. The molecule has 0 bridgehead atoms. The number of aryl methyl sites for hydroxylation is 2. The molecule has 0 fully saturated rings. The van der Waals surface area contributed by atoms with Gasteiger partial charge < -0.3 is 11.1 Å². The highest BCUT2D eigenvalue weighted by atomic mass is 127. The van der Waals surface area contributed by atoms with E-state index in [1.54, 1.807) is 4.68 Å². The van der Waals surface area contributed by atoms with Gasteiger partial charge in [0.1, 0.15) is 0 Å². The van der Waals surface area contributed by atoms with Gasteiger partial charge in [-0.15, -0.1) is 0 Å². The topological polar surface area (TPSA) is 55.9 Å². The number of aromatic nitrogens is 2. The van der Waals surface area contributed by atoms with E-state index in [2.05, 4.69) is 48.9 Å². The van der Waals surface area contributed by atoms with Crippen molar-refractivity contribution >= 4 is 55.7 Å². The Hall–Kier alpha value is -0.760. The highest BCUT2D eigenvalue weighted by molar-refractivity contribution is 14.1. The van der Waals surface area contributed by atoms with Crippen molar-refractivity contribution in [1.29, 1.82) is 0 Å². The second-order valence-corrected chi connectivity index (χ2v) is 5.82. The Labute approximate surface area is 122 Å². The lowest BCUT2D eigenvalue weighted by molar-refractivity contribution is 0.765. The fourth-order valence-electron chi connectivity index (χ4n) is 1.54. The van der Waals surface area contributed by atoms with Crippen molar-refractivity contribution in [2.24, 2.45) is 7.05 Å². The summed E-state index contributed by atoms with van der Waals surface area (Å²) in [5.41, 5.74) is 8.46. The number of hydrogen-bond acceptors (Lipinski definition) is 3. The maximum atomic E-state index is 5.98. The van der Waals surface area contributed by atoms with Gasteiger partial charge in [-0.25, -0.2) is 0 Å². The molecule has 0 saturated heterocycles. The molecule has 0 radical (unpaired) electrons. The Morgan fingerprint density at radius 2 is 2.18 bits per heavy atom. The van der Waals surface area contributed by atoms with Crippen LogP contribution in [0, 0.1) is 10.5 Å². The van der Waals surface area contributed by atoms with E-state index in [0.717, 1.165) is 25.2 Å². The van der Waals surface area contributed by atoms with Crippen molar-refractivity contribution in [1.82, 2.24) is 9.78 Å². The molecule has 6 heteroatoms. The smallest absolute Gasteiger partial charge is 0.152 e. The predicted molar refractivity (Wildman–Crippen MR) is 82.5 cm³/mol. The average Bonchev–Trinajstić information content (AvgIpc) is 2.50. The van der Waals surface area contributed by atoms with Crippen molar-refractivity contribution < 1.29 is 0 Å². The minimum Gasteiger partial charge on any atom is -0.394 e. The van der Waals surface area contributed by atoms with Crippen LogP contribution in [-0.2, 0) is 7.05 Å². The van der Waals surface area contributed by atoms with Gasteiger partial charge in [-0.2, -0.15) is 5.10 Å². The molecule has 1 heterocycles. The van der Waals surface area contributed by atoms with E-state index in [0.29, 0.717) is 5.69 Å². The molecule has 4 nitrogen and oxygen atoms in total. The third kappa shape index (κ3) is 2.57. The van der Waals surface area contributed by atoms with Crippen LogP contribution in [0.1, 0.15) is 5.69 Å². The summed E-state index contributed by atoms with van der Waals surface area (Å²) in [5, 5.41) is 7.57. The molecule has 0 saturated carbocycles. The molecule has 90 valence electrons. The number of anilines is 3. The minimum absolute atomic E-state index is 0.679. The standard InChI is InChI=1S/C11H12BrIN4/c1-6-10(14)11(17(2)16-6)15-9-5-7(13)3-4-8(9)12/h3-5,15H,14H2,1-2H3. The lowest BCUT2D eigenvalue weighted by Crippen LogP contribution is -2.02. The Morgan fingerprint density at radius 1 is 1.47 bits per heavy atom. The Kier molecular flexibility index (Phi) is 3.62. The number of nitrogens with two attached hydrogens (primary N) is 1. The zero-order valence-electron chi connectivity index (χ0n) is 9.46. The number of nitrogens with zero attached hydrogens (tertiary/aromatic N) is 2. The van der Waals surface area contributed by atoms with Crippen LogP contribution in [0.15, 0.2) is 22.7 Å². The zero-order valence-corrected chi connectivity index (χ0v) is 13.2. The molecule has 0 amide bonds. The molecule has 0 aliphatic heterocycles. The number of rotatable bonds is 2. The van der Waals surface area contributed by atoms with E-state index in [1.807, 2.05) is 32.2 Å². The van der Waals surface area contributed by atoms with Gasteiger partial charge in [0.2, 0.25) is 0 Å². The molecule has 2 aromatic rings.